The van der Waals surface area contributed by atoms with Crippen LogP contribution in [-0.2, 0) is 0 Å². The number of aryl methyl sites for hydroxylation is 2. The standard InChI is InChI=1S/C20H19N3O/c1-14-8-9-15(2)19(10-14)22-18-11-16(12-21-13-18)20(24)23-17-6-4-3-5-7-17/h3-13,22H,1-2H3,(H,23,24). The second kappa shape index (κ2) is 6.96. The van der Waals surface area contributed by atoms with Gasteiger partial charge in [0.1, 0.15) is 0 Å². The van der Waals surface area contributed by atoms with Crippen molar-refractivity contribution in [2.45, 2.75) is 13.8 Å². The lowest BCUT2D eigenvalue weighted by Gasteiger charge is -2.11. The minimum absolute atomic E-state index is 0.182. The van der Waals surface area contributed by atoms with Crippen LogP contribution in [0.15, 0.2) is 67.0 Å². The number of carbonyl (C=O) groups excluding carboxylic acids is 1. The predicted octanol–water partition coefficient (Wildman–Crippen LogP) is 4.69. The molecule has 0 saturated carbocycles. The van der Waals surface area contributed by atoms with Crippen LogP contribution >= 0.6 is 0 Å². The highest BCUT2D eigenvalue weighted by atomic mass is 16.1. The number of pyridine rings is 1. The smallest absolute Gasteiger partial charge is 0.257 e. The molecule has 0 saturated heterocycles. The Morgan fingerprint density at radius 3 is 2.50 bits per heavy atom. The summed E-state index contributed by atoms with van der Waals surface area (Å²) in [5.41, 5.74) is 5.38. The second-order valence-corrected chi connectivity index (χ2v) is 5.73. The summed E-state index contributed by atoms with van der Waals surface area (Å²) in [4.78, 5) is 16.5. The van der Waals surface area contributed by atoms with Crippen LogP contribution in [0.25, 0.3) is 0 Å². The number of nitrogens with one attached hydrogen (secondary N) is 2. The van der Waals surface area contributed by atoms with E-state index in [1.54, 1.807) is 18.5 Å². The third-order valence-corrected chi connectivity index (χ3v) is 3.70. The quantitative estimate of drug-likeness (QED) is 0.733. The lowest BCUT2D eigenvalue weighted by molar-refractivity contribution is 0.102. The summed E-state index contributed by atoms with van der Waals surface area (Å²) in [5.74, 6) is -0.182. The van der Waals surface area contributed by atoms with Crippen molar-refractivity contribution >= 4 is 23.0 Å². The van der Waals surface area contributed by atoms with E-state index >= 15 is 0 Å². The number of para-hydroxylation sites is 1. The molecule has 0 atom stereocenters. The Hall–Kier alpha value is -3.14. The summed E-state index contributed by atoms with van der Waals surface area (Å²) < 4.78 is 0. The third kappa shape index (κ3) is 3.79. The number of hydrogen-bond donors (Lipinski definition) is 2. The molecule has 2 aromatic carbocycles. The summed E-state index contributed by atoms with van der Waals surface area (Å²) >= 11 is 0. The van der Waals surface area contributed by atoms with Crippen molar-refractivity contribution in [2.75, 3.05) is 10.6 Å². The molecule has 1 heterocycles. The van der Waals surface area contributed by atoms with Gasteiger partial charge >= 0.3 is 0 Å². The lowest BCUT2D eigenvalue weighted by atomic mass is 10.1. The first-order valence-electron chi connectivity index (χ1n) is 7.77. The van der Waals surface area contributed by atoms with Crippen LogP contribution in [0.4, 0.5) is 17.1 Å². The highest BCUT2D eigenvalue weighted by molar-refractivity contribution is 6.04. The number of hydrogen-bond acceptors (Lipinski definition) is 3. The Bertz CT molecular complexity index is 860. The normalized spacial score (nSPS) is 10.2. The molecule has 0 unspecified atom stereocenters. The Kier molecular flexibility index (Phi) is 4.57. The van der Waals surface area contributed by atoms with Crippen LogP contribution in [0.2, 0.25) is 0 Å². The third-order valence-electron chi connectivity index (χ3n) is 3.70. The van der Waals surface area contributed by atoms with E-state index in [9.17, 15) is 4.79 Å². The zero-order valence-electron chi connectivity index (χ0n) is 13.7. The van der Waals surface area contributed by atoms with Crippen molar-refractivity contribution < 1.29 is 4.79 Å². The number of nitrogens with zero attached hydrogens (tertiary/aromatic N) is 1. The Balaban J connectivity index is 1.79. The molecule has 0 fully saturated rings. The minimum Gasteiger partial charge on any atom is -0.354 e. The van der Waals surface area contributed by atoms with E-state index in [1.165, 1.54) is 5.56 Å². The lowest BCUT2D eigenvalue weighted by Crippen LogP contribution is -2.12. The van der Waals surface area contributed by atoms with Crippen LogP contribution in [0.1, 0.15) is 21.5 Å². The van der Waals surface area contributed by atoms with Gasteiger partial charge in [0.2, 0.25) is 0 Å². The summed E-state index contributed by atoms with van der Waals surface area (Å²) in [6.07, 6.45) is 3.27. The first-order chi connectivity index (χ1) is 11.6. The van der Waals surface area contributed by atoms with Crippen LogP contribution in [0.5, 0.6) is 0 Å². The van der Waals surface area contributed by atoms with Crippen molar-refractivity contribution in [1.82, 2.24) is 4.98 Å². The van der Waals surface area contributed by atoms with Crippen molar-refractivity contribution in [1.29, 1.82) is 0 Å². The van der Waals surface area contributed by atoms with E-state index in [-0.39, 0.29) is 5.91 Å². The zero-order valence-corrected chi connectivity index (χ0v) is 13.7. The largest absolute Gasteiger partial charge is 0.354 e. The van der Waals surface area contributed by atoms with Crippen LogP contribution in [0.3, 0.4) is 0 Å². The van der Waals surface area contributed by atoms with Gasteiger partial charge in [0, 0.05) is 17.6 Å². The number of amides is 1. The van der Waals surface area contributed by atoms with Gasteiger partial charge in [-0.25, -0.2) is 0 Å². The van der Waals surface area contributed by atoms with Gasteiger partial charge in [-0.3, -0.25) is 9.78 Å². The molecule has 1 aromatic heterocycles. The monoisotopic (exact) mass is 317 g/mol. The van der Waals surface area contributed by atoms with Gasteiger partial charge in [0.05, 0.1) is 17.4 Å². The molecule has 4 heteroatoms. The molecule has 1 amide bonds. The fourth-order valence-electron chi connectivity index (χ4n) is 2.38. The highest BCUT2D eigenvalue weighted by Crippen LogP contribution is 2.22. The molecule has 24 heavy (non-hydrogen) atoms. The number of carbonyl (C=O) groups is 1. The van der Waals surface area contributed by atoms with Crippen LogP contribution < -0.4 is 10.6 Å². The van der Waals surface area contributed by atoms with E-state index in [2.05, 4.69) is 33.8 Å². The molecule has 0 radical (unpaired) electrons. The van der Waals surface area contributed by atoms with Crippen molar-refractivity contribution in [3.05, 3.63) is 83.7 Å². The molecule has 4 nitrogen and oxygen atoms in total. The van der Waals surface area contributed by atoms with Gasteiger partial charge in [-0.15, -0.1) is 0 Å². The van der Waals surface area contributed by atoms with E-state index in [4.69, 9.17) is 0 Å². The molecule has 3 rings (SSSR count). The SMILES string of the molecule is Cc1ccc(C)c(Nc2cncc(C(=O)Nc3ccccc3)c2)c1. The van der Waals surface area contributed by atoms with E-state index in [0.29, 0.717) is 5.56 Å². The van der Waals surface area contributed by atoms with Gasteiger partial charge in [-0.1, -0.05) is 30.3 Å². The fraction of sp³-hybridized carbons (Fsp3) is 0.100. The molecule has 2 N–H and O–H groups in total. The molecule has 0 aliphatic rings. The Labute approximate surface area is 141 Å². The fourth-order valence-corrected chi connectivity index (χ4v) is 2.38. The minimum atomic E-state index is -0.182. The van der Waals surface area contributed by atoms with Gasteiger partial charge in [0.25, 0.3) is 5.91 Å². The summed E-state index contributed by atoms with van der Waals surface area (Å²) in [7, 11) is 0. The van der Waals surface area contributed by atoms with Gasteiger partial charge < -0.3 is 10.6 Å². The molecular formula is C20H19N3O. The first kappa shape index (κ1) is 15.7. The molecule has 0 aliphatic heterocycles. The molecule has 0 bridgehead atoms. The van der Waals surface area contributed by atoms with Crippen LogP contribution in [0, 0.1) is 13.8 Å². The molecular weight excluding hydrogens is 298 g/mol. The average Bonchev–Trinajstić information content (AvgIpc) is 2.59. The Morgan fingerprint density at radius 2 is 1.71 bits per heavy atom. The summed E-state index contributed by atoms with van der Waals surface area (Å²) in [6.45, 7) is 4.09. The molecule has 3 aromatic rings. The maximum Gasteiger partial charge on any atom is 0.257 e. The second-order valence-electron chi connectivity index (χ2n) is 5.73. The van der Waals surface area contributed by atoms with Gasteiger partial charge in [-0.05, 0) is 49.2 Å². The molecule has 0 aliphatic carbocycles. The van der Waals surface area contributed by atoms with E-state index in [1.807, 2.05) is 44.2 Å². The topological polar surface area (TPSA) is 54.0 Å². The van der Waals surface area contributed by atoms with Crippen LogP contribution in [-0.4, -0.2) is 10.9 Å². The zero-order chi connectivity index (χ0) is 16.9. The highest BCUT2D eigenvalue weighted by Gasteiger charge is 2.08. The number of benzene rings is 2. The molecule has 120 valence electrons. The number of aromatic nitrogens is 1. The summed E-state index contributed by atoms with van der Waals surface area (Å²) in [6, 6.07) is 17.4. The van der Waals surface area contributed by atoms with Crippen molar-refractivity contribution in [3.63, 3.8) is 0 Å². The van der Waals surface area contributed by atoms with Gasteiger partial charge in [0.15, 0.2) is 0 Å². The van der Waals surface area contributed by atoms with Crippen molar-refractivity contribution in [2.24, 2.45) is 0 Å². The van der Waals surface area contributed by atoms with Crippen molar-refractivity contribution in [3.8, 4) is 0 Å². The summed E-state index contributed by atoms with van der Waals surface area (Å²) in [5, 5.41) is 6.19. The average molecular weight is 317 g/mol. The van der Waals surface area contributed by atoms with E-state index in [0.717, 1.165) is 22.6 Å². The first-order valence-corrected chi connectivity index (χ1v) is 7.77. The maximum atomic E-state index is 12.4. The predicted molar refractivity (Wildman–Crippen MR) is 97.8 cm³/mol. The molecule has 0 spiro atoms. The number of rotatable bonds is 4. The van der Waals surface area contributed by atoms with E-state index < -0.39 is 0 Å². The maximum absolute atomic E-state index is 12.4. The Morgan fingerprint density at radius 1 is 0.917 bits per heavy atom. The van der Waals surface area contributed by atoms with Gasteiger partial charge in [-0.2, -0.15) is 0 Å². The number of anilines is 3.